The highest BCUT2D eigenvalue weighted by molar-refractivity contribution is 5.90. The molecule has 0 unspecified atom stereocenters. The van der Waals surface area contributed by atoms with E-state index >= 15 is 0 Å². The van der Waals surface area contributed by atoms with Crippen LogP contribution < -0.4 is 5.73 Å². The van der Waals surface area contributed by atoms with Crippen molar-refractivity contribution in [2.24, 2.45) is 5.73 Å². The Morgan fingerprint density at radius 2 is 2.13 bits per heavy atom. The molecule has 0 radical (unpaired) electrons. The van der Waals surface area contributed by atoms with Crippen molar-refractivity contribution in [3.63, 3.8) is 0 Å². The molecule has 0 saturated heterocycles. The first-order valence-corrected chi connectivity index (χ1v) is 4.27. The molecule has 1 rings (SSSR count). The van der Waals surface area contributed by atoms with Crippen molar-refractivity contribution in [1.29, 1.82) is 0 Å². The van der Waals surface area contributed by atoms with Gasteiger partial charge in [-0.15, -0.1) is 0 Å². The number of nitrogens with zero attached hydrogens (tertiary/aromatic N) is 2. The van der Waals surface area contributed by atoms with Crippen LogP contribution in [0, 0.1) is 0 Å². The van der Waals surface area contributed by atoms with Crippen LogP contribution in [-0.4, -0.2) is 28.5 Å². The van der Waals surface area contributed by atoms with E-state index in [1.807, 2.05) is 0 Å². The molecule has 0 saturated carbocycles. The standard InChI is InChI=1S/C5H5N3O.C4H8O2/c6-5(9)4-3-7-1-2-8-4;1-3-6-4(2)5/h1-3H,(H2,6,9);3H2,1-2H3. The van der Waals surface area contributed by atoms with Crippen LogP contribution in [0.4, 0.5) is 0 Å². The highest BCUT2D eigenvalue weighted by Gasteiger charge is 1.97. The fraction of sp³-hybridized carbons (Fsp3) is 0.333. The second-order valence-corrected chi connectivity index (χ2v) is 2.38. The maximum Gasteiger partial charge on any atom is 0.302 e. The summed E-state index contributed by atoms with van der Waals surface area (Å²) in [4.78, 5) is 27.4. The van der Waals surface area contributed by atoms with Gasteiger partial charge in [0, 0.05) is 19.3 Å². The molecule has 0 aliphatic carbocycles. The molecule has 6 nitrogen and oxygen atoms in total. The first-order chi connectivity index (χ1) is 7.07. The Kier molecular flexibility index (Phi) is 6.45. The second kappa shape index (κ2) is 7.43. The van der Waals surface area contributed by atoms with Gasteiger partial charge < -0.3 is 10.5 Å². The lowest BCUT2D eigenvalue weighted by Gasteiger charge is -1.89. The van der Waals surface area contributed by atoms with Gasteiger partial charge in [0.05, 0.1) is 12.8 Å². The fourth-order valence-electron chi connectivity index (χ4n) is 0.630. The molecule has 2 N–H and O–H groups in total. The van der Waals surface area contributed by atoms with E-state index in [9.17, 15) is 9.59 Å². The molecule has 0 spiro atoms. The first kappa shape index (κ1) is 13.0. The van der Waals surface area contributed by atoms with Gasteiger partial charge in [-0.3, -0.25) is 14.6 Å². The Labute approximate surface area is 87.5 Å². The molecule has 1 amide bonds. The van der Waals surface area contributed by atoms with Gasteiger partial charge in [0.1, 0.15) is 5.69 Å². The average molecular weight is 211 g/mol. The van der Waals surface area contributed by atoms with Crippen molar-refractivity contribution in [1.82, 2.24) is 9.97 Å². The topological polar surface area (TPSA) is 95.2 Å². The minimum atomic E-state index is -0.553. The minimum absolute atomic E-state index is 0.192. The maximum absolute atomic E-state index is 10.3. The van der Waals surface area contributed by atoms with Crippen LogP contribution in [0.2, 0.25) is 0 Å². The number of hydrogen-bond acceptors (Lipinski definition) is 5. The van der Waals surface area contributed by atoms with E-state index in [0.29, 0.717) is 6.61 Å². The molecule has 0 aliphatic rings. The lowest BCUT2D eigenvalue weighted by molar-refractivity contribution is -0.140. The van der Waals surface area contributed by atoms with Crippen molar-refractivity contribution >= 4 is 11.9 Å². The molecule has 0 aliphatic heterocycles. The number of ether oxygens (including phenoxy) is 1. The molecule has 82 valence electrons. The zero-order chi connectivity index (χ0) is 11.7. The summed E-state index contributed by atoms with van der Waals surface area (Å²) in [7, 11) is 0. The van der Waals surface area contributed by atoms with E-state index in [4.69, 9.17) is 5.73 Å². The van der Waals surface area contributed by atoms with Crippen molar-refractivity contribution < 1.29 is 14.3 Å². The molecule has 1 heterocycles. The monoisotopic (exact) mass is 211 g/mol. The van der Waals surface area contributed by atoms with Gasteiger partial charge in [0.15, 0.2) is 0 Å². The average Bonchev–Trinajstić information content (AvgIpc) is 2.20. The van der Waals surface area contributed by atoms with Gasteiger partial charge in [-0.2, -0.15) is 0 Å². The minimum Gasteiger partial charge on any atom is -0.466 e. The third-order valence-corrected chi connectivity index (χ3v) is 1.16. The van der Waals surface area contributed by atoms with Crippen LogP contribution >= 0.6 is 0 Å². The zero-order valence-electron chi connectivity index (χ0n) is 8.64. The molecule has 0 fully saturated rings. The summed E-state index contributed by atoms with van der Waals surface area (Å²) in [6, 6.07) is 0. The summed E-state index contributed by atoms with van der Waals surface area (Å²) in [5.74, 6) is -0.763. The third-order valence-electron chi connectivity index (χ3n) is 1.16. The number of esters is 1. The van der Waals surface area contributed by atoms with Gasteiger partial charge in [-0.1, -0.05) is 0 Å². The van der Waals surface area contributed by atoms with Crippen LogP contribution in [-0.2, 0) is 9.53 Å². The van der Waals surface area contributed by atoms with Crippen LogP contribution in [0.15, 0.2) is 18.6 Å². The van der Waals surface area contributed by atoms with E-state index in [1.54, 1.807) is 6.92 Å². The Bertz CT molecular complexity index is 314. The summed E-state index contributed by atoms with van der Waals surface area (Å²) >= 11 is 0. The number of hydrogen-bond donors (Lipinski definition) is 1. The SMILES string of the molecule is CCOC(C)=O.NC(=O)c1cnccn1. The summed E-state index contributed by atoms with van der Waals surface area (Å²) in [5, 5.41) is 0. The quantitative estimate of drug-likeness (QED) is 0.702. The predicted molar refractivity (Wildman–Crippen MR) is 52.9 cm³/mol. The number of aromatic nitrogens is 2. The normalized spacial score (nSPS) is 8.40. The largest absolute Gasteiger partial charge is 0.466 e. The Morgan fingerprint density at radius 1 is 1.47 bits per heavy atom. The number of primary amides is 1. The lowest BCUT2D eigenvalue weighted by Crippen LogP contribution is -2.12. The summed E-state index contributed by atoms with van der Waals surface area (Å²) in [6.45, 7) is 3.65. The Hall–Kier alpha value is -1.98. The third kappa shape index (κ3) is 7.12. The molecule has 1 aromatic rings. The molecular weight excluding hydrogens is 198 g/mol. The first-order valence-electron chi connectivity index (χ1n) is 4.27. The Morgan fingerprint density at radius 3 is 2.33 bits per heavy atom. The molecule has 1 aromatic heterocycles. The van der Waals surface area contributed by atoms with Crippen molar-refractivity contribution in [2.45, 2.75) is 13.8 Å². The molecular formula is C9H13N3O3. The number of carbonyl (C=O) groups is 2. The smallest absolute Gasteiger partial charge is 0.302 e. The lowest BCUT2D eigenvalue weighted by atomic mass is 10.4. The van der Waals surface area contributed by atoms with E-state index in [-0.39, 0.29) is 11.7 Å². The Balaban J connectivity index is 0.000000288. The van der Waals surface area contributed by atoms with Gasteiger partial charge >= 0.3 is 5.97 Å². The summed E-state index contributed by atoms with van der Waals surface area (Å²) in [5.41, 5.74) is 5.06. The maximum atomic E-state index is 10.3. The van der Waals surface area contributed by atoms with Gasteiger partial charge in [-0.05, 0) is 6.92 Å². The van der Waals surface area contributed by atoms with Crippen LogP contribution in [0.3, 0.4) is 0 Å². The number of nitrogens with two attached hydrogens (primary N) is 1. The van der Waals surface area contributed by atoms with Gasteiger partial charge in [-0.25, -0.2) is 4.98 Å². The van der Waals surface area contributed by atoms with Gasteiger partial charge in [0.25, 0.3) is 5.91 Å². The highest BCUT2D eigenvalue weighted by atomic mass is 16.5. The number of rotatable bonds is 2. The predicted octanol–water partition coefficient (Wildman–Crippen LogP) is 0.145. The summed E-state index contributed by atoms with van der Waals surface area (Å²) < 4.78 is 4.40. The van der Waals surface area contributed by atoms with Gasteiger partial charge in [0.2, 0.25) is 0 Å². The second-order valence-electron chi connectivity index (χ2n) is 2.38. The van der Waals surface area contributed by atoms with Crippen LogP contribution in [0.25, 0.3) is 0 Å². The molecule has 15 heavy (non-hydrogen) atoms. The fourth-order valence-corrected chi connectivity index (χ4v) is 0.630. The molecule has 6 heteroatoms. The van der Waals surface area contributed by atoms with Crippen molar-refractivity contribution in [3.05, 3.63) is 24.3 Å². The number of carbonyl (C=O) groups excluding carboxylic acids is 2. The van der Waals surface area contributed by atoms with Crippen molar-refractivity contribution in [3.8, 4) is 0 Å². The molecule has 0 aromatic carbocycles. The van der Waals surface area contributed by atoms with Crippen LogP contribution in [0.1, 0.15) is 24.3 Å². The van der Waals surface area contributed by atoms with E-state index in [0.717, 1.165) is 0 Å². The molecule has 0 bridgehead atoms. The number of amides is 1. The zero-order valence-corrected chi connectivity index (χ0v) is 8.64. The van der Waals surface area contributed by atoms with Crippen LogP contribution in [0.5, 0.6) is 0 Å². The van der Waals surface area contributed by atoms with E-state index < -0.39 is 5.91 Å². The molecule has 0 atom stereocenters. The highest BCUT2D eigenvalue weighted by Crippen LogP contribution is 1.84. The summed E-state index contributed by atoms with van der Waals surface area (Å²) in [6.07, 6.45) is 4.22. The van der Waals surface area contributed by atoms with E-state index in [1.165, 1.54) is 25.5 Å². The van der Waals surface area contributed by atoms with Crippen molar-refractivity contribution in [2.75, 3.05) is 6.61 Å². The van der Waals surface area contributed by atoms with E-state index in [2.05, 4.69) is 14.7 Å².